The summed E-state index contributed by atoms with van der Waals surface area (Å²) in [5, 5.41) is 3.42. The maximum atomic E-state index is 13.7. The lowest BCUT2D eigenvalue weighted by molar-refractivity contribution is 0.385. The Morgan fingerprint density at radius 3 is 2.61 bits per heavy atom. The molecule has 1 rings (SSSR count). The molecular weight excluding hydrogens is 229 g/mol. The Kier molecular flexibility index (Phi) is 6.73. The second-order valence-electron chi connectivity index (χ2n) is 4.50. The number of rotatable bonds is 8. The molecule has 0 aliphatic heterocycles. The van der Waals surface area contributed by atoms with Gasteiger partial charge < -0.3 is 10.1 Å². The molecule has 3 heteroatoms. The van der Waals surface area contributed by atoms with Crippen LogP contribution in [0.4, 0.5) is 4.39 Å². The summed E-state index contributed by atoms with van der Waals surface area (Å²) in [6.45, 7) is 5.16. The molecule has 1 N–H and O–H groups in total. The molecule has 2 nitrogen and oxygen atoms in total. The van der Waals surface area contributed by atoms with E-state index in [-0.39, 0.29) is 11.9 Å². The molecule has 0 amide bonds. The van der Waals surface area contributed by atoms with Gasteiger partial charge in [0.05, 0.1) is 7.11 Å². The van der Waals surface area contributed by atoms with E-state index < -0.39 is 0 Å². The van der Waals surface area contributed by atoms with Gasteiger partial charge in [-0.25, -0.2) is 4.39 Å². The maximum absolute atomic E-state index is 13.7. The monoisotopic (exact) mass is 253 g/mol. The number of unbranched alkanes of at least 4 members (excludes halogenated alkanes) is 2. The number of hydrogen-bond donors (Lipinski definition) is 1. The second kappa shape index (κ2) is 8.09. The number of ether oxygens (including phenoxy) is 1. The summed E-state index contributed by atoms with van der Waals surface area (Å²) in [5.74, 6) is 0.0240. The Bertz CT molecular complexity index is 354. The average Bonchev–Trinajstić information content (AvgIpc) is 2.38. The zero-order chi connectivity index (χ0) is 13.4. The molecule has 0 aliphatic rings. The van der Waals surface area contributed by atoms with Crippen LogP contribution in [0.15, 0.2) is 18.2 Å². The van der Waals surface area contributed by atoms with Crippen molar-refractivity contribution in [1.82, 2.24) is 5.32 Å². The fraction of sp³-hybridized carbons (Fsp3) is 0.600. The smallest absolute Gasteiger partial charge is 0.165 e. The van der Waals surface area contributed by atoms with Gasteiger partial charge in [-0.3, -0.25) is 0 Å². The van der Waals surface area contributed by atoms with Crippen molar-refractivity contribution < 1.29 is 9.13 Å². The number of halogens is 1. The SMILES string of the molecule is CCCCCC(NCC)c1ccc(OC)c(F)c1. The van der Waals surface area contributed by atoms with Crippen LogP contribution in [0.2, 0.25) is 0 Å². The third kappa shape index (κ3) is 4.30. The first-order chi connectivity index (χ1) is 8.72. The van der Waals surface area contributed by atoms with Crippen LogP contribution in [0.1, 0.15) is 51.1 Å². The molecule has 18 heavy (non-hydrogen) atoms. The Morgan fingerprint density at radius 1 is 1.28 bits per heavy atom. The Balaban J connectivity index is 2.74. The van der Waals surface area contributed by atoms with E-state index in [1.54, 1.807) is 12.1 Å². The lowest BCUT2D eigenvalue weighted by Crippen LogP contribution is -2.21. The minimum absolute atomic E-state index is 0.238. The third-order valence-electron chi connectivity index (χ3n) is 3.13. The van der Waals surface area contributed by atoms with Gasteiger partial charge in [0, 0.05) is 6.04 Å². The predicted molar refractivity (Wildman–Crippen MR) is 73.5 cm³/mol. The first-order valence-corrected chi connectivity index (χ1v) is 6.79. The Hall–Kier alpha value is -1.09. The lowest BCUT2D eigenvalue weighted by Gasteiger charge is -2.18. The quantitative estimate of drug-likeness (QED) is 0.705. The Morgan fingerprint density at radius 2 is 2.06 bits per heavy atom. The van der Waals surface area contributed by atoms with Crippen molar-refractivity contribution in [2.24, 2.45) is 0 Å². The molecule has 102 valence electrons. The molecule has 0 radical (unpaired) electrons. The third-order valence-corrected chi connectivity index (χ3v) is 3.13. The van der Waals surface area contributed by atoms with Crippen molar-refractivity contribution in [3.63, 3.8) is 0 Å². The Labute approximate surface area is 110 Å². The first-order valence-electron chi connectivity index (χ1n) is 6.79. The number of benzene rings is 1. The highest BCUT2D eigenvalue weighted by Crippen LogP contribution is 2.25. The molecule has 0 aliphatic carbocycles. The molecule has 1 aromatic rings. The van der Waals surface area contributed by atoms with E-state index >= 15 is 0 Å². The molecule has 0 heterocycles. The minimum Gasteiger partial charge on any atom is -0.494 e. The van der Waals surface area contributed by atoms with Crippen molar-refractivity contribution in [3.05, 3.63) is 29.6 Å². The molecule has 0 fully saturated rings. The van der Waals surface area contributed by atoms with Gasteiger partial charge in [0.25, 0.3) is 0 Å². The van der Waals surface area contributed by atoms with Crippen LogP contribution in [0.5, 0.6) is 5.75 Å². The zero-order valence-electron chi connectivity index (χ0n) is 11.6. The second-order valence-corrected chi connectivity index (χ2v) is 4.50. The minimum atomic E-state index is -0.284. The van der Waals surface area contributed by atoms with E-state index in [9.17, 15) is 4.39 Å². The van der Waals surface area contributed by atoms with E-state index in [0.717, 1.165) is 18.5 Å². The van der Waals surface area contributed by atoms with Crippen LogP contribution in [0, 0.1) is 5.82 Å². The molecule has 0 saturated heterocycles. The van der Waals surface area contributed by atoms with Gasteiger partial charge >= 0.3 is 0 Å². The highest BCUT2D eigenvalue weighted by Gasteiger charge is 2.12. The van der Waals surface area contributed by atoms with Gasteiger partial charge in [0.15, 0.2) is 11.6 Å². The van der Waals surface area contributed by atoms with Crippen molar-refractivity contribution >= 4 is 0 Å². The molecule has 0 spiro atoms. The van der Waals surface area contributed by atoms with Crippen molar-refractivity contribution in [3.8, 4) is 5.75 Å². The molecule has 0 saturated carbocycles. The van der Waals surface area contributed by atoms with Gasteiger partial charge in [-0.15, -0.1) is 0 Å². The summed E-state index contributed by atoms with van der Waals surface area (Å²) in [6, 6.07) is 5.47. The van der Waals surface area contributed by atoms with Crippen LogP contribution in [-0.4, -0.2) is 13.7 Å². The van der Waals surface area contributed by atoms with Crippen LogP contribution in [0.3, 0.4) is 0 Å². The fourth-order valence-corrected chi connectivity index (χ4v) is 2.13. The van der Waals surface area contributed by atoms with E-state index in [2.05, 4.69) is 19.2 Å². The largest absolute Gasteiger partial charge is 0.494 e. The zero-order valence-corrected chi connectivity index (χ0v) is 11.6. The standard InChI is InChI=1S/C15H24FNO/c1-4-6-7-8-14(17-5-2)12-9-10-15(18-3)13(16)11-12/h9-11,14,17H,4-8H2,1-3H3. The van der Waals surface area contributed by atoms with Gasteiger partial charge in [0.1, 0.15) is 0 Å². The van der Waals surface area contributed by atoms with Crippen LogP contribution in [0.25, 0.3) is 0 Å². The summed E-state index contributed by atoms with van der Waals surface area (Å²) in [6.07, 6.45) is 4.64. The molecule has 1 unspecified atom stereocenters. The maximum Gasteiger partial charge on any atom is 0.165 e. The molecule has 1 atom stereocenters. The molecular formula is C15H24FNO. The summed E-state index contributed by atoms with van der Waals surface area (Å²) in [7, 11) is 1.49. The van der Waals surface area contributed by atoms with Crippen LogP contribution in [-0.2, 0) is 0 Å². The van der Waals surface area contributed by atoms with Gasteiger partial charge in [-0.1, -0.05) is 39.2 Å². The van der Waals surface area contributed by atoms with E-state index in [1.807, 2.05) is 6.07 Å². The van der Waals surface area contributed by atoms with Gasteiger partial charge in [-0.2, -0.15) is 0 Å². The van der Waals surface area contributed by atoms with E-state index in [0.29, 0.717) is 5.75 Å². The summed E-state index contributed by atoms with van der Waals surface area (Å²) in [5.41, 5.74) is 1.01. The highest BCUT2D eigenvalue weighted by molar-refractivity contribution is 5.31. The van der Waals surface area contributed by atoms with Crippen molar-refractivity contribution in [1.29, 1.82) is 0 Å². The summed E-state index contributed by atoms with van der Waals surface area (Å²) < 4.78 is 18.6. The average molecular weight is 253 g/mol. The van der Waals surface area contributed by atoms with Crippen molar-refractivity contribution in [2.75, 3.05) is 13.7 Å². The highest BCUT2D eigenvalue weighted by atomic mass is 19.1. The van der Waals surface area contributed by atoms with Crippen LogP contribution < -0.4 is 10.1 Å². The summed E-state index contributed by atoms with van der Waals surface area (Å²) in [4.78, 5) is 0. The normalized spacial score (nSPS) is 12.4. The summed E-state index contributed by atoms with van der Waals surface area (Å²) >= 11 is 0. The van der Waals surface area contributed by atoms with Gasteiger partial charge in [-0.05, 0) is 30.7 Å². The molecule has 1 aromatic carbocycles. The number of hydrogen-bond acceptors (Lipinski definition) is 2. The topological polar surface area (TPSA) is 21.3 Å². The van der Waals surface area contributed by atoms with E-state index in [4.69, 9.17) is 4.74 Å². The number of nitrogens with one attached hydrogen (secondary N) is 1. The van der Waals surface area contributed by atoms with Crippen LogP contribution >= 0.6 is 0 Å². The van der Waals surface area contributed by atoms with Gasteiger partial charge in [0.2, 0.25) is 0 Å². The molecule has 0 aromatic heterocycles. The fourth-order valence-electron chi connectivity index (χ4n) is 2.13. The number of methoxy groups -OCH3 is 1. The lowest BCUT2D eigenvalue weighted by atomic mass is 10.00. The van der Waals surface area contributed by atoms with E-state index in [1.165, 1.54) is 26.4 Å². The molecule has 0 bridgehead atoms. The van der Waals surface area contributed by atoms with Crippen molar-refractivity contribution in [2.45, 2.75) is 45.6 Å². The predicted octanol–water partition coefficient (Wildman–Crippen LogP) is 4.07. The first kappa shape index (κ1) is 15.0.